The predicted octanol–water partition coefficient (Wildman–Crippen LogP) is 3.21. The third-order valence-electron chi connectivity index (χ3n) is 3.83. The lowest BCUT2D eigenvalue weighted by Gasteiger charge is -2.29. The summed E-state index contributed by atoms with van der Waals surface area (Å²) in [6.45, 7) is 8.83. The van der Waals surface area contributed by atoms with E-state index in [1.807, 2.05) is 25.1 Å². The van der Waals surface area contributed by atoms with E-state index in [1.54, 1.807) is 14.0 Å². The van der Waals surface area contributed by atoms with Gasteiger partial charge in [-0.15, -0.1) is 0 Å². The number of methoxy groups -OCH3 is 1. The van der Waals surface area contributed by atoms with Crippen LogP contribution in [0, 0.1) is 12.3 Å². The van der Waals surface area contributed by atoms with Gasteiger partial charge in [-0.2, -0.15) is 0 Å². The third kappa shape index (κ3) is 2.91. The number of rotatable bonds is 4. The second kappa shape index (κ2) is 5.68. The molecule has 4 heteroatoms. The summed E-state index contributed by atoms with van der Waals surface area (Å²) in [6, 6.07) is 5.79. The Morgan fingerprint density at radius 2 is 2.10 bits per heavy atom. The Kier molecular flexibility index (Phi) is 4.28. The summed E-state index contributed by atoms with van der Waals surface area (Å²) in [6.07, 6.45) is 0.582. The van der Waals surface area contributed by atoms with Crippen molar-refractivity contribution in [1.82, 2.24) is 0 Å². The highest BCUT2D eigenvalue weighted by molar-refractivity contribution is 5.83. The van der Waals surface area contributed by atoms with Crippen LogP contribution in [-0.4, -0.2) is 26.3 Å². The number of esters is 1. The summed E-state index contributed by atoms with van der Waals surface area (Å²) in [7, 11) is 1.60. The molecule has 0 N–H and O–H groups in total. The van der Waals surface area contributed by atoms with Crippen molar-refractivity contribution in [2.75, 3.05) is 20.3 Å². The Morgan fingerprint density at radius 3 is 2.62 bits per heavy atom. The lowest BCUT2D eigenvalue weighted by Crippen LogP contribution is -2.38. The van der Waals surface area contributed by atoms with Crippen molar-refractivity contribution in [3.63, 3.8) is 0 Å². The van der Waals surface area contributed by atoms with Crippen LogP contribution in [0.4, 0.5) is 0 Å². The Morgan fingerprint density at radius 1 is 1.38 bits per heavy atom. The van der Waals surface area contributed by atoms with E-state index in [-0.39, 0.29) is 11.4 Å². The molecule has 1 fully saturated rings. The minimum Gasteiger partial charge on any atom is -0.496 e. The normalized spacial score (nSPS) is 23.9. The number of hydrogen-bond donors (Lipinski definition) is 0. The first-order valence-electron chi connectivity index (χ1n) is 7.31. The molecule has 116 valence electrons. The zero-order chi connectivity index (χ0) is 15.7. The predicted molar refractivity (Wildman–Crippen MR) is 80.4 cm³/mol. The number of aryl methyl sites for hydroxylation is 1. The van der Waals surface area contributed by atoms with E-state index < -0.39 is 5.60 Å². The molecule has 1 aliphatic rings. The van der Waals surface area contributed by atoms with Crippen LogP contribution in [0.5, 0.6) is 5.75 Å². The molecule has 1 saturated heterocycles. The Bertz CT molecular complexity index is 536. The highest BCUT2D eigenvalue weighted by atomic mass is 16.6. The van der Waals surface area contributed by atoms with Crippen LogP contribution in [0.25, 0.3) is 0 Å². The van der Waals surface area contributed by atoms with Gasteiger partial charge in [0.1, 0.15) is 5.75 Å². The van der Waals surface area contributed by atoms with Gasteiger partial charge in [-0.1, -0.05) is 25.5 Å². The molecule has 0 saturated carbocycles. The fourth-order valence-corrected chi connectivity index (χ4v) is 2.89. The topological polar surface area (TPSA) is 44.8 Å². The monoisotopic (exact) mass is 292 g/mol. The molecule has 21 heavy (non-hydrogen) atoms. The van der Waals surface area contributed by atoms with Crippen LogP contribution >= 0.6 is 0 Å². The molecular formula is C17H24O4. The Balaban J connectivity index is 2.56. The van der Waals surface area contributed by atoms with E-state index in [1.165, 1.54) is 0 Å². The van der Waals surface area contributed by atoms with Gasteiger partial charge < -0.3 is 14.2 Å². The van der Waals surface area contributed by atoms with Crippen LogP contribution in [-0.2, 0) is 19.9 Å². The lowest BCUT2D eigenvalue weighted by molar-refractivity contribution is -0.168. The van der Waals surface area contributed by atoms with Crippen LogP contribution < -0.4 is 4.74 Å². The summed E-state index contributed by atoms with van der Waals surface area (Å²) >= 11 is 0. The van der Waals surface area contributed by atoms with Gasteiger partial charge in [0.05, 0.1) is 20.3 Å². The molecule has 1 aromatic rings. The van der Waals surface area contributed by atoms with Crippen LogP contribution in [0.15, 0.2) is 18.2 Å². The summed E-state index contributed by atoms with van der Waals surface area (Å²) in [5.74, 6) is 0.325. The first kappa shape index (κ1) is 15.8. The van der Waals surface area contributed by atoms with Crippen molar-refractivity contribution in [2.45, 2.75) is 39.7 Å². The van der Waals surface area contributed by atoms with Crippen LogP contribution in [0.1, 0.15) is 38.3 Å². The van der Waals surface area contributed by atoms with E-state index in [9.17, 15) is 4.79 Å². The van der Waals surface area contributed by atoms with Crippen LogP contribution in [0.2, 0.25) is 0 Å². The SMILES string of the molecule is CCOC(=O)C1(c2cc(C)ccc2OC)CC(C)(C)CO1. The van der Waals surface area contributed by atoms with Crippen molar-refractivity contribution in [3.8, 4) is 5.75 Å². The molecular weight excluding hydrogens is 268 g/mol. The van der Waals surface area contributed by atoms with E-state index in [2.05, 4.69) is 13.8 Å². The van der Waals surface area contributed by atoms with Crippen molar-refractivity contribution in [2.24, 2.45) is 5.41 Å². The fourth-order valence-electron chi connectivity index (χ4n) is 2.89. The van der Waals surface area contributed by atoms with E-state index in [0.29, 0.717) is 25.4 Å². The molecule has 1 atom stereocenters. The Labute approximate surface area is 126 Å². The van der Waals surface area contributed by atoms with Gasteiger partial charge in [-0.3, -0.25) is 0 Å². The van der Waals surface area contributed by atoms with Crippen molar-refractivity contribution < 1.29 is 19.0 Å². The number of ether oxygens (including phenoxy) is 3. The van der Waals surface area contributed by atoms with Gasteiger partial charge in [-0.05, 0) is 37.8 Å². The molecule has 0 aliphatic carbocycles. The van der Waals surface area contributed by atoms with Gasteiger partial charge >= 0.3 is 5.97 Å². The minimum atomic E-state index is -1.07. The Hall–Kier alpha value is -1.55. The average Bonchev–Trinajstić information content (AvgIpc) is 2.76. The molecule has 0 amide bonds. The number of carbonyl (C=O) groups is 1. The average molecular weight is 292 g/mol. The van der Waals surface area contributed by atoms with Gasteiger partial charge in [0.25, 0.3) is 0 Å². The van der Waals surface area contributed by atoms with Gasteiger partial charge in [0, 0.05) is 5.56 Å². The first-order chi connectivity index (χ1) is 9.84. The molecule has 1 heterocycles. The molecule has 0 aromatic heterocycles. The second-order valence-electron chi connectivity index (χ2n) is 6.38. The van der Waals surface area contributed by atoms with Gasteiger partial charge in [-0.25, -0.2) is 4.79 Å². The van der Waals surface area contributed by atoms with E-state index in [0.717, 1.165) is 11.1 Å². The summed E-state index contributed by atoms with van der Waals surface area (Å²) in [4.78, 5) is 12.6. The lowest BCUT2D eigenvalue weighted by atomic mass is 9.80. The molecule has 1 aliphatic heterocycles. The largest absolute Gasteiger partial charge is 0.496 e. The quantitative estimate of drug-likeness (QED) is 0.799. The summed E-state index contributed by atoms with van der Waals surface area (Å²) in [5, 5.41) is 0. The zero-order valence-electron chi connectivity index (χ0n) is 13.5. The highest BCUT2D eigenvalue weighted by Gasteiger charge is 2.53. The fraction of sp³-hybridized carbons (Fsp3) is 0.588. The van der Waals surface area contributed by atoms with Gasteiger partial charge in [0.2, 0.25) is 0 Å². The molecule has 1 unspecified atom stereocenters. The molecule has 0 spiro atoms. The van der Waals surface area contributed by atoms with Crippen molar-refractivity contribution >= 4 is 5.97 Å². The third-order valence-corrected chi connectivity index (χ3v) is 3.83. The molecule has 2 rings (SSSR count). The molecule has 1 aromatic carbocycles. The number of carbonyl (C=O) groups excluding carboxylic acids is 1. The van der Waals surface area contributed by atoms with Crippen LogP contribution in [0.3, 0.4) is 0 Å². The molecule has 0 bridgehead atoms. The van der Waals surface area contributed by atoms with Crippen molar-refractivity contribution in [1.29, 1.82) is 0 Å². The first-order valence-corrected chi connectivity index (χ1v) is 7.31. The highest BCUT2D eigenvalue weighted by Crippen LogP contribution is 2.48. The number of hydrogen-bond acceptors (Lipinski definition) is 4. The number of benzene rings is 1. The smallest absolute Gasteiger partial charge is 0.343 e. The summed E-state index contributed by atoms with van der Waals surface area (Å²) < 4.78 is 16.7. The van der Waals surface area contributed by atoms with E-state index >= 15 is 0 Å². The maximum absolute atomic E-state index is 12.6. The van der Waals surface area contributed by atoms with Gasteiger partial charge in [0.15, 0.2) is 5.60 Å². The minimum absolute atomic E-state index is 0.0818. The standard InChI is InChI=1S/C17H24O4/c1-6-20-15(18)17(10-16(3,4)11-21-17)13-9-12(2)7-8-14(13)19-5/h7-9H,6,10-11H2,1-5H3. The molecule has 4 nitrogen and oxygen atoms in total. The zero-order valence-corrected chi connectivity index (χ0v) is 13.5. The second-order valence-corrected chi connectivity index (χ2v) is 6.38. The maximum Gasteiger partial charge on any atom is 0.343 e. The van der Waals surface area contributed by atoms with E-state index in [4.69, 9.17) is 14.2 Å². The summed E-state index contributed by atoms with van der Waals surface area (Å²) in [5.41, 5.74) is 0.662. The molecule has 0 radical (unpaired) electrons. The maximum atomic E-state index is 12.6. The van der Waals surface area contributed by atoms with Crippen molar-refractivity contribution in [3.05, 3.63) is 29.3 Å².